The third kappa shape index (κ3) is 3.74. The highest BCUT2D eigenvalue weighted by atomic mass is 35.5. The van der Waals surface area contributed by atoms with Crippen LogP contribution in [0.25, 0.3) is 0 Å². The minimum Gasteiger partial charge on any atom is -0.324 e. The Labute approximate surface area is 205 Å². The van der Waals surface area contributed by atoms with Gasteiger partial charge in [0.15, 0.2) is 0 Å². The summed E-state index contributed by atoms with van der Waals surface area (Å²) in [5.74, 6) is 0.133. The van der Waals surface area contributed by atoms with E-state index in [1.54, 1.807) is 0 Å². The van der Waals surface area contributed by atoms with Crippen molar-refractivity contribution in [2.75, 3.05) is 23.3 Å². The van der Waals surface area contributed by atoms with E-state index in [4.69, 9.17) is 11.6 Å². The van der Waals surface area contributed by atoms with Crippen LogP contribution >= 0.6 is 11.6 Å². The van der Waals surface area contributed by atoms with E-state index in [9.17, 15) is 9.59 Å². The zero-order valence-corrected chi connectivity index (χ0v) is 20.2. The Kier molecular flexibility index (Phi) is 5.82. The number of benzene rings is 3. The van der Waals surface area contributed by atoms with Crippen LogP contribution in [0.5, 0.6) is 0 Å². The molecule has 34 heavy (non-hydrogen) atoms. The average molecular weight is 474 g/mol. The van der Waals surface area contributed by atoms with E-state index in [1.165, 1.54) is 0 Å². The summed E-state index contributed by atoms with van der Waals surface area (Å²) >= 11 is 6.15. The van der Waals surface area contributed by atoms with Gasteiger partial charge in [0.25, 0.3) is 0 Å². The summed E-state index contributed by atoms with van der Waals surface area (Å²) in [6.07, 6.45) is 1.26. The predicted molar refractivity (Wildman–Crippen MR) is 136 cm³/mol. The first kappa shape index (κ1) is 22.5. The first-order valence-electron chi connectivity index (χ1n) is 11.7. The fourth-order valence-electron chi connectivity index (χ4n) is 5.42. The Morgan fingerprint density at radius 3 is 2.15 bits per heavy atom. The number of likely N-dealkylation sites (tertiary alicyclic amines) is 1. The zero-order valence-electron chi connectivity index (χ0n) is 19.4. The van der Waals surface area contributed by atoms with E-state index in [2.05, 4.69) is 5.32 Å². The second-order valence-electron chi connectivity index (χ2n) is 9.30. The monoisotopic (exact) mass is 473 g/mol. The molecule has 2 saturated heterocycles. The fourth-order valence-corrected chi connectivity index (χ4v) is 5.54. The summed E-state index contributed by atoms with van der Waals surface area (Å²) in [6.45, 7) is 5.07. The smallest absolute Gasteiger partial charge is 0.321 e. The quantitative estimate of drug-likeness (QED) is 0.450. The van der Waals surface area contributed by atoms with Crippen molar-refractivity contribution in [3.8, 4) is 0 Å². The summed E-state index contributed by atoms with van der Waals surface area (Å²) in [5, 5.41) is 3.76. The van der Waals surface area contributed by atoms with Crippen LogP contribution in [0.4, 0.5) is 16.2 Å². The van der Waals surface area contributed by atoms with Gasteiger partial charge >= 0.3 is 6.03 Å². The summed E-state index contributed by atoms with van der Waals surface area (Å²) in [5.41, 5.74) is 4.39. The number of carbonyl (C=O) groups excluding carboxylic acids is 2. The molecule has 0 aliphatic carbocycles. The van der Waals surface area contributed by atoms with Gasteiger partial charge in [-0.1, -0.05) is 60.1 Å². The number of piperidine rings is 1. The van der Waals surface area contributed by atoms with E-state index in [0.717, 1.165) is 28.1 Å². The maximum Gasteiger partial charge on any atom is 0.321 e. The molecule has 2 heterocycles. The molecule has 1 N–H and O–H groups in total. The highest BCUT2D eigenvalue weighted by Crippen LogP contribution is 2.57. The van der Waals surface area contributed by atoms with Gasteiger partial charge in [-0.15, -0.1) is 0 Å². The summed E-state index contributed by atoms with van der Waals surface area (Å²) in [7, 11) is 0. The minimum absolute atomic E-state index is 0.0801. The number of hydrogen-bond donors (Lipinski definition) is 1. The van der Waals surface area contributed by atoms with Gasteiger partial charge in [0, 0.05) is 29.5 Å². The third-order valence-corrected chi connectivity index (χ3v) is 7.55. The number of nitrogens with zero attached hydrogens (tertiary/aromatic N) is 2. The van der Waals surface area contributed by atoms with Gasteiger partial charge in [0.1, 0.15) is 0 Å². The lowest BCUT2D eigenvalue weighted by Gasteiger charge is -2.59. The largest absolute Gasteiger partial charge is 0.324 e. The van der Waals surface area contributed by atoms with E-state index in [1.807, 2.05) is 96.4 Å². The number of urea groups is 1. The second kappa shape index (κ2) is 8.80. The number of rotatable bonds is 3. The van der Waals surface area contributed by atoms with Crippen molar-refractivity contribution in [3.05, 3.63) is 94.5 Å². The van der Waals surface area contributed by atoms with Gasteiger partial charge in [0.05, 0.1) is 11.5 Å². The fraction of sp³-hybridized carbons (Fsp3) is 0.286. The molecule has 1 atom stereocenters. The van der Waals surface area contributed by atoms with E-state index in [-0.39, 0.29) is 18.0 Å². The van der Waals surface area contributed by atoms with Gasteiger partial charge in [-0.3, -0.25) is 4.79 Å². The standard InChI is InChI=1S/C28H28ClN3O2/c1-19-7-6-8-20(2)24(19)30-27(34)31-17-15-28(16-18-31)25(21-11-13-22(29)14-12-21)32(26(28)33)23-9-4-3-5-10-23/h3-14,25H,15-18H2,1-2H3,(H,30,34). The summed E-state index contributed by atoms with van der Waals surface area (Å²) in [6, 6.07) is 23.4. The van der Waals surface area contributed by atoms with Gasteiger partial charge in [-0.05, 0) is 67.6 Å². The van der Waals surface area contributed by atoms with Crippen molar-refractivity contribution in [3.63, 3.8) is 0 Å². The van der Waals surface area contributed by atoms with Gasteiger partial charge in [-0.2, -0.15) is 0 Å². The zero-order chi connectivity index (χ0) is 23.9. The van der Waals surface area contributed by atoms with Crippen molar-refractivity contribution in [1.29, 1.82) is 0 Å². The first-order valence-corrected chi connectivity index (χ1v) is 12.0. The number of carbonyl (C=O) groups is 2. The number of nitrogens with one attached hydrogen (secondary N) is 1. The molecule has 3 aromatic carbocycles. The van der Waals surface area contributed by atoms with Crippen LogP contribution in [-0.2, 0) is 4.79 Å². The number of para-hydroxylation sites is 2. The lowest BCUT2D eigenvalue weighted by Crippen LogP contribution is -2.67. The Bertz CT molecular complexity index is 1200. The molecule has 2 aliphatic heterocycles. The number of anilines is 2. The molecule has 1 unspecified atom stereocenters. The molecule has 3 aromatic rings. The predicted octanol–water partition coefficient (Wildman–Crippen LogP) is 6.36. The second-order valence-corrected chi connectivity index (χ2v) is 9.74. The SMILES string of the molecule is Cc1cccc(C)c1NC(=O)N1CCC2(CC1)C(=O)N(c1ccccc1)C2c1ccc(Cl)cc1. The molecular formula is C28H28ClN3O2. The molecule has 0 aromatic heterocycles. The first-order chi connectivity index (χ1) is 16.4. The summed E-state index contributed by atoms with van der Waals surface area (Å²) in [4.78, 5) is 30.4. The molecule has 6 heteroatoms. The van der Waals surface area contributed by atoms with Gasteiger partial charge < -0.3 is 15.1 Å². The van der Waals surface area contributed by atoms with E-state index < -0.39 is 5.41 Å². The molecule has 174 valence electrons. The Morgan fingerprint density at radius 1 is 0.912 bits per heavy atom. The maximum absolute atomic E-state index is 13.6. The molecule has 2 fully saturated rings. The molecule has 5 nitrogen and oxygen atoms in total. The molecule has 5 rings (SSSR count). The van der Waals surface area contributed by atoms with Crippen LogP contribution in [-0.4, -0.2) is 29.9 Å². The lowest BCUT2D eigenvalue weighted by molar-refractivity contribution is -0.144. The Morgan fingerprint density at radius 2 is 1.53 bits per heavy atom. The van der Waals surface area contributed by atoms with Crippen LogP contribution in [0.1, 0.15) is 35.6 Å². The van der Waals surface area contributed by atoms with Crippen LogP contribution in [0, 0.1) is 19.3 Å². The molecule has 3 amide bonds. The highest BCUT2D eigenvalue weighted by Gasteiger charge is 2.62. The number of halogens is 1. The minimum atomic E-state index is -0.515. The highest BCUT2D eigenvalue weighted by molar-refractivity contribution is 6.30. The molecule has 0 bridgehead atoms. The molecule has 1 spiro atoms. The number of amides is 3. The van der Waals surface area contributed by atoms with E-state index >= 15 is 0 Å². The molecular weight excluding hydrogens is 446 g/mol. The van der Waals surface area contributed by atoms with Crippen LogP contribution in [0.2, 0.25) is 5.02 Å². The molecule has 0 radical (unpaired) electrons. The van der Waals surface area contributed by atoms with Gasteiger partial charge in [-0.25, -0.2) is 4.79 Å². The summed E-state index contributed by atoms with van der Waals surface area (Å²) < 4.78 is 0. The van der Waals surface area contributed by atoms with Crippen LogP contribution in [0.3, 0.4) is 0 Å². The number of hydrogen-bond acceptors (Lipinski definition) is 2. The molecule has 2 aliphatic rings. The lowest BCUT2D eigenvalue weighted by atomic mass is 9.62. The van der Waals surface area contributed by atoms with Crippen molar-refractivity contribution in [2.24, 2.45) is 5.41 Å². The van der Waals surface area contributed by atoms with E-state index in [0.29, 0.717) is 31.0 Å². The molecule has 0 saturated carbocycles. The Hall–Kier alpha value is -3.31. The topological polar surface area (TPSA) is 52.7 Å². The normalized spacial score (nSPS) is 19.1. The van der Waals surface area contributed by atoms with Crippen LogP contribution in [0.15, 0.2) is 72.8 Å². The van der Waals surface area contributed by atoms with Crippen molar-refractivity contribution < 1.29 is 9.59 Å². The van der Waals surface area contributed by atoms with Crippen molar-refractivity contribution >= 4 is 34.9 Å². The number of β-lactam (4-membered cyclic amide) rings is 1. The Balaban J connectivity index is 1.37. The van der Waals surface area contributed by atoms with Crippen LogP contribution < -0.4 is 10.2 Å². The number of aryl methyl sites for hydroxylation is 2. The van der Waals surface area contributed by atoms with Crippen molar-refractivity contribution in [1.82, 2.24) is 4.90 Å². The third-order valence-electron chi connectivity index (χ3n) is 7.30. The van der Waals surface area contributed by atoms with Crippen molar-refractivity contribution in [2.45, 2.75) is 32.7 Å². The maximum atomic E-state index is 13.6. The van der Waals surface area contributed by atoms with Gasteiger partial charge in [0.2, 0.25) is 5.91 Å². The average Bonchev–Trinajstić information content (AvgIpc) is 2.86.